The Labute approximate surface area is 297 Å². The number of ether oxygens (including phenoxy) is 3. The predicted octanol–water partition coefficient (Wildman–Crippen LogP) is 2.39. The highest BCUT2D eigenvalue weighted by molar-refractivity contribution is 7.93. The molecular weight excluding hydrogens is 675 g/mol. The zero-order chi connectivity index (χ0) is 35.8. The van der Waals surface area contributed by atoms with Crippen molar-refractivity contribution in [2.24, 2.45) is 5.41 Å². The minimum absolute atomic E-state index is 0.00760. The number of aromatic nitrogens is 1. The van der Waals surface area contributed by atoms with Crippen LogP contribution in [0.1, 0.15) is 30.0 Å². The van der Waals surface area contributed by atoms with Gasteiger partial charge in [-0.25, -0.2) is 18.2 Å². The van der Waals surface area contributed by atoms with Gasteiger partial charge in [-0.05, 0) is 81.0 Å². The van der Waals surface area contributed by atoms with Crippen molar-refractivity contribution in [2.75, 3.05) is 83.6 Å². The fraction of sp³-hybridized carbons (Fsp3) is 0.444. The molecule has 1 N–H and O–H groups in total. The van der Waals surface area contributed by atoms with Gasteiger partial charge >= 0.3 is 6.03 Å². The number of amides is 3. The Balaban J connectivity index is 1.18. The lowest BCUT2D eigenvalue weighted by molar-refractivity contribution is -0.122. The van der Waals surface area contributed by atoms with Crippen LogP contribution in [-0.2, 0) is 25.1 Å². The quantitative estimate of drug-likeness (QED) is 0.311. The van der Waals surface area contributed by atoms with Gasteiger partial charge in [-0.1, -0.05) is 0 Å². The number of rotatable bonds is 11. The van der Waals surface area contributed by atoms with E-state index in [4.69, 9.17) is 14.2 Å². The minimum Gasteiger partial charge on any atom is -0.497 e. The molecule has 15 heteroatoms. The van der Waals surface area contributed by atoms with Crippen LogP contribution < -0.4 is 19.1 Å². The molecule has 7 rings (SSSR count). The molecule has 0 bridgehead atoms. The molecule has 2 aromatic carbocycles. The van der Waals surface area contributed by atoms with Crippen LogP contribution in [0.25, 0.3) is 0 Å². The summed E-state index contributed by atoms with van der Waals surface area (Å²) >= 11 is 0. The van der Waals surface area contributed by atoms with E-state index < -0.39 is 27.5 Å². The van der Waals surface area contributed by atoms with Crippen LogP contribution in [0.3, 0.4) is 0 Å². The highest BCUT2D eigenvalue weighted by Gasteiger charge is 2.60. The molecular formula is C36H41N7O7S. The number of nitriles is 1. The normalized spacial score (nSPS) is 21.4. The summed E-state index contributed by atoms with van der Waals surface area (Å²) in [6.45, 7) is 10.2. The van der Waals surface area contributed by atoms with Crippen molar-refractivity contribution in [3.63, 3.8) is 0 Å². The van der Waals surface area contributed by atoms with E-state index >= 15 is 4.79 Å². The Bertz CT molecular complexity index is 1950. The number of nitrogens with zero attached hydrogens (tertiary/aromatic N) is 6. The van der Waals surface area contributed by atoms with Gasteiger partial charge in [-0.3, -0.25) is 9.69 Å². The number of sulfonamides is 1. The number of pyridine rings is 1. The minimum atomic E-state index is -4.53. The summed E-state index contributed by atoms with van der Waals surface area (Å²) in [4.78, 5) is 39.9. The number of carbonyl (C=O) groups excluding carboxylic acids is 2. The van der Waals surface area contributed by atoms with E-state index in [0.717, 1.165) is 58.9 Å². The largest absolute Gasteiger partial charge is 0.497 e. The fourth-order valence-corrected chi connectivity index (χ4v) is 9.14. The van der Waals surface area contributed by atoms with Crippen molar-refractivity contribution >= 4 is 27.6 Å². The van der Waals surface area contributed by atoms with Crippen LogP contribution in [0.5, 0.6) is 11.6 Å². The Hall–Kier alpha value is -4.75. The topological polar surface area (TPSA) is 158 Å². The Morgan fingerprint density at radius 1 is 1.02 bits per heavy atom. The third-order valence-corrected chi connectivity index (χ3v) is 11.8. The Morgan fingerprint density at radius 3 is 2.43 bits per heavy atom. The highest BCUT2D eigenvalue weighted by Crippen LogP contribution is 2.50. The molecule has 268 valence electrons. The van der Waals surface area contributed by atoms with E-state index in [0.29, 0.717) is 23.1 Å². The number of methoxy groups -OCH3 is 1. The van der Waals surface area contributed by atoms with Gasteiger partial charge < -0.3 is 29.3 Å². The van der Waals surface area contributed by atoms with Gasteiger partial charge in [0.2, 0.25) is 5.88 Å². The van der Waals surface area contributed by atoms with Crippen LogP contribution >= 0.6 is 0 Å². The molecule has 1 atom stereocenters. The molecule has 3 aromatic rings. The maximum Gasteiger partial charge on any atom is 0.318 e. The van der Waals surface area contributed by atoms with Crippen molar-refractivity contribution in [3.05, 3.63) is 77.5 Å². The number of hydrogen-bond donors (Lipinski definition) is 1. The standard InChI is InChI=1S/C36H41N7O7S/c1-3-50-32-29(6-4-13-38-32)36(39-34(45)42-24-35(25-42)22-41(23-35)15-5-14-40-16-18-49-19-17-40)30-20-26(21-37)7-12-31(30)43(33(36)44)51(46,47)28-10-8-27(48-2)9-11-28/h4,6-13,20H,3,5,14-19,22-25H2,1-2H3,(H,39,45)/t36-/m0/s1. The van der Waals surface area contributed by atoms with Gasteiger partial charge in [0.15, 0.2) is 5.54 Å². The first-order chi connectivity index (χ1) is 24.6. The summed E-state index contributed by atoms with van der Waals surface area (Å²) in [6.07, 6.45) is 2.56. The number of fused-ring (bicyclic) bond motifs is 1. The number of nitrogens with one attached hydrogen (secondary N) is 1. The fourth-order valence-electron chi connectivity index (χ4n) is 7.68. The first kappa shape index (κ1) is 34.7. The monoisotopic (exact) mass is 715 g/mol. The summed E-state index contributed by atoms with van der Waals surface area (Å²) in [6, 6.07) is 14.7. The van der Waals surface area contributed by atoms with Crippen molar-refractivity contribution in [1.29, 1.82) is 5.26 Å². The number of benzene rings is 2. The van der Waals surface area contributed by atoms with Crippen molar-refractivity contribution < 1.29 is 32.2 Å². The maximum atomic E-state index is 15.0. The van der Waals surface area contributed by atoms with E-state index in [1.165, 1.54) is 55.8 Å². The third-order valence-electron chi connectivity index (χ3n) is 10.1. The second kappa shape index (κ2) is 13.8. The van der Waals surface area contributed by atoms with E-state index in [2.05, 4.69) is 26.2 Å². The van der Waals surface area contributed by atoms with E-state index in [9.17, 15) is 18.5 Å². The molecule has 4 aliphatic heterocycles. The summed E-state index contributed by atoms with van der Waals surface area (Å²) in [7, 11) is -3.06. The number of anilines is 1. The second-order valence-electron chi connectivity index (χ2n) is 13.4. The summed E-state index contributed by atoms with van der Waals surface area (Å²) in [5.41, 5.74) is -1.66. The first-order valence-electron chi connectivity index (χ1n) is 17.1. The molecule has 1 aromatic heterocycles. The van der Waals surface area contributed by atoms with Crippen molar-refractivity contribution in [1.82, 2.24) is 25.0 Å². The number of carbonyl (C=O) groups is 2. The lowest BCUT2D eigenvalue weighted by atomic mass is 9.73. The van der Waals surface area contributed by atoms with Crippen LogP contribution in [0.15, 0.2) is 65.7 Å². The lowest BCUT2D eigenvalue weighted by Crippen LogP contribution is -2.74. The van der Waals surface area contributed by atoms with Crippen LogP contribution in [0, 0.1) is 16.7 Å². The number of hydrogen-bond acceptors (Lipinski definition) is 11. The zero-order valence-corrected chi connectivity index (χ0v) is 29.5. The van der Waals surface area contributed by atoms with E-state index in [1.807, 2.05) is 0 Å². The predicted molar refractivity (Wildman–Crippen MR) is 186 cm³/mol. The van der Waals surface area contributed by atoms with E-state index in [1.54, 1.807) is 24.0 Å². The molecule has 3 amide bonds. The molecule has 4 aliphatic rings. The summed E-state index contributed by atoms with van der Waals surface area (Å²) in [5, 5.41) is 12.9. The van der Waals surface area contributed by atoms with Crippen LogP contribution in [0.4, 0.5) is 10.5 Å². The van der Waals surface area contributed by atoms with Gasteiger partial charge in [-0.2, -0.15) is 9.57 Å². The first-order valence-corrected chi connectivity index (χ1v) is 18.5. The maximum absolute atomic E-state index is 15.0. The molecule has 3 saturated heterocycles. The summed E-state index contributed by atoms with van der Waals surface area (Å²) < 4.78 is 45.9. The van der Waals surface area contributed by atoms with Gasteiger partial charge in [0.25, 0.3) is 15.9 Å². The zero-order valence-electron chi connectivity index (χ0n) is 28.7. The van der Waals surface area contributed by atoms with Gasteiger partial charge in [0, 0.05) is 56.4 Å². The van der Waals surface area contributed by atoms with Gasteiger partial charge in [0.05, 0.1) is 54.7 Å². The smallest absolute Gasteiger partial charge is 0.318 e. The molecule has 0 aliphatic carbocycles. The highest BCUT2D eigenvalue weighted by atomic mass is 32.2. The Kier molecular flexibility index (Phi) is 9.36. The summed E-state index contributed by atoms with van der Waals surface area (Å²) in [5.74, 6) is -0.456. The molecule has 3 fully saturated rings. The van der Waals surface area contributed by atoms with Crippen LogP contribution in [-0.4, -0.2) is 119 Å². The van der Waals surface area contributed by atoms with Gasteiger partial charge in [-0.15, -0.1) is 0 Å². The molecule has 5 heterocycles. The molecule has 1 spiro atoms. The molecule has 0 unspecified atom stereocenters. The van der Waals surface area contributed by atoms with E-state index in [-0.39, 0.29) is 45.2 Å². The average Bonchev–Trinajstić information content (AvgIpc) is 3.36. The number of morpholine rings is 1. The molecule has 51 heavy (non-hydrogen) atoms. The van der Waals surface area contributed by atoms with Crippen molar-refractivity contribution in [3.8, 4) is 17.7 Å². The number of likely N-dealkylation sites (tertiary alicyclic amines) is 2. The lowest BCUT2D eigenvalue weighted by Gasteiger charge is -2.60. The Morgan fingerprint density at radius 2 is 1.75 bits per heavy atom. The SMILES string of the molecule is CCOc1ncccc1[C@@]1(NC(=O)N2CC3(CN(CCCN4CCOCC4)C3)C2)C(=O)N(S(=O)(=O)c2ccc(OC)cc2)c2ccc(C#N)cc21. The molecule has 0 saturated carbocycles. The third kappa shape index (κ3) is 6.16. The molecule has 14 nitrogen and oxygen atoms in total. The number of urea groups is 1. The molecule has 0 radical (unpaired) electrons. The van der Waals surface area contributed by atoms with Crippen molar-refractivity contribution in [2.45, 2.75) is 23.8 Å². The van der Waals surface area contributed by atoms with Gasteiger partial charge in [0.1, 0.15) is 5.75 Å². The van der Waals surface area contributed by atoms with Crippen LogP contribution in [0.2, 0.25) is 0 Å². The average molecular weight is 716 g/mol. The second-order valence-corrected chi connectivity index (χ2v) is 15.2.